The lowest BCUT2D eigenvalue weighted by atomic mass is 10.0. The van der Waals surface area contributed by atoms with Crippen LogP contribution in [-0.2, 0) is 11.2 Å². The Hall–Kier alpha value is -2.83. The summed E-state index contributed by atoms with van der Waals surface area (Å²) in [5.74, 6) is 2.16. The number of methoxy groups -OCH3 is 2. The second-order valence-corrected chi connectivity index (χ2v) is 6.23. The summed E-state index contributed by atoms with van der Waals surface area (Å²) >= 11 is 0. The van der Waals surface area contributed by atoms with E-state index in [-0.39, 0.29) is 5.91 Å². The maximum absolute atomic E-state index is 12.7. The van der Waals surface area contributed by atoms with Gasteiger partial charge in [-0.2, -0.15) is 0 Å². The summed E-state index contributed by atoms with van der Waals surface area (Å²) < 4.78 is 10.7. The number of hydrogen-bond donors (Lipinski definition) is 0. The highest BCUT2D eigenvalue weighted by Crippen LogP contribution is 2.30. The Balaban J connectivity index is 1.63. The third-order valence-corrected chi connectivity index (χ3v) is 4.65. The Morgan fingerprint density at radius 3 is 2.27 bits per heavy atom. The lowest BCUT2D eigenvalue weighted by Crippen LogP contribution is -2.49. The van der Waals surface area contributed by atoms with Gasteiger partial charge in [0.2, 0.25) is 11.9 Å². The summed E-state index contributed by atoms with van der Waals surface area (Å²) in [4.78, 5) is 25.3. The topological polar surface area (TPSA) is 67.8 Å². The van der Waals surface area contributed by atoms with Gasteiger partial charge in [0.25, 0.3) is 0 Å². The number of hydrogen-bond acceptors (Lipinski definition) is 6. The number of piperazine rings is 1. The van der Waals surface area contributed by atoms with E-state index in [4.69, 9.17) is 9.47 Å². The van der Waals surface area contributed by atoms with Crippen molar-refractivity contribution in [2.45, 2.75) is 13.3 Å². The van der Waals surface area contributed by atoms with Crippen molar-refractivity contribution >= 4 is 11.9 Å². The monoisotopic (exact) mass is 356 g/mol. The van der Waals surface area contributed by atoms with Crippen LogP contribution in [0.5, 0.6) is 11.5 Å². The Kier molecular flexibility index (Phi) is 5.55. The second kappa shape index (κ2) is 8.03. The number of aromatic nitrogens is 2. The zero-order valence-electron chi connectivity index (χ0n) is 15.4. The molecule has 7 nitrogen and oxygen atoms in total. The van der Waals surface area contributed by atoms with Crippen LogP contribution in [0.3, 0.4) is 0 Å². The van der Waals surface area contributed by atoms with Gasteiger partial charge in [-0.15, -0.1) is 0 Å². The van der Waals surface area contributed by atoms with Gasteiger partial charge in [0.05, 0.1) is 20.6 Å². The highest BCUT2D eigenvalue weighted by atomic mass is 16.5. The first-order valence-electron chi connectivity index (χ1n) is 8.63. The molecule has 0 aliphatic carbocycles. The van der Waals surface area contributed by atoms with Gasteiger partial charge >= 0.3 is 0 Å². The normalized spacial score (nSPS) is 14.3. The quantitative estimate of drug-likeness (QED) is 0.812. The molecule has 1 saturated heterocycles. The molecule has 1 aromatic carbocycles. The van der Waals surface area contributed by atoms with Crippen molar-refractivity contribution in [3.63, 3.8) is 0 Å². The van der Waals surface area contributed by atoms with Crippen molar-refractivity contribution in [3.05, 3.63) is 41.7 Å². The van der Waals surface area contributed by atoms with E-state index in [1.165, 1.54) is 0 Å². The molecule has 1 amide bonds. The number of carbonyl (C=O) groups is 1. The molecule has 0 N–H and O–H groups in total. The molecule has 138 valence electrons. The molecule has 0 atom stereocenters. The average molecular weight is 356 g/mol. The van der Waals surface area contributed by atoms with Crippen molar-refractivity contribution in [1.82, 2.24) is 14.9 Å². The predicted molar refractivity (Wildman–Crippen MR) is 98.8 cm³/mol. The molecule has 7 heteroatoms. The Labute approximate surface area is 153 Å². The molecule has 1 aliphatic heterocycles. The van der Waals surface area contributed by atoms with Crippen molar-refractivity contribution in [2.24, 2.45) is 0 Å². The van der Waals surface area contributed by atoms with Crippen LogP contribution in [0, 0.1) is 6.92 Å². The smallest absolute Gasteiger partial charge is 0.227 e. The van der Waals surface area contributed by atoms with Crippen LogP contribution in [0.25, 0.3) is 0 Å². The summed E-state index contributed by atoms with van der Waals surface area (Å²) in [6, 6.07) is 5.60. The fraction of sp³-hybridized carbons (Fsp3) is 0.421. The van der Waals surface area contributed by atoms with E-state index in [9.17, 15) is 4.79 Å². The van der Waals surface area contributed by atoms with Gasteiger partial charge in [-0.1, -0.05) is 0 Å². The van der Waals surface area contributed by atoms with Gasteiger partial charge < -0.3 is 19.3 Å². The summed E-state index contributed by atoms with van der Waals surface area (Å²) in [6.07, 6.45) is 3.83. The number of carbonyl (C=O) groups excluding carboxylic acids is 1. The Bertz CT molecular complexity index is 759. The fourth-order valence-corrected chi connectivity index (χ4v) is 3.10. The lowest BCUT2D eigenvalue weighted by Gasteiger charge is -2.34. The predicted octanol–water partition coefficient (Wildman–Crippen LogP) is 1.69. The zero-order valence-corrected chi connectivity index (χ0v) is 15.4. The van der Waals surface area contributed by atoms with Crippen LogP contribution >= 0.6 is 0 Å². The molecule has 0 bridgehead atoms. The van der Waals surface area contributed by atoms with E-state index >= 15 is 0 Å². The molecule has 26 heavy (non-hydrogen) atoms. The van der Waals surface area contributed by atoms with Crippen LogP contribution in [-0.4, -0.2) is 61.2 Å². The van der Waals surface area contributed by atoms with Crippen molar-refractivity contribution in [1.29, 1.82) is 0 Å². The summed E-state index contributed by atoms with van der Waals surface area (Å²) in [5, 5.41) is 0. The number of rotatable bonds is 5. The SMILES string of the molecule is COc1cc(C)c(CC(=O)N2CCN(c3ncccn3)CC2)cc1OC. The van der Waals surface area contributed by atoms with Crippen LogP contribution in [0.15, 0.2) is 30.6 Å². The fourth-order valence-electron chi connectivity index (χ4n) is 3.10. The van der Waals surface area contributed by atoms with Gasteiger partial charge in [0.15, 0.2) is 11.5 Å². The van der Waals surface area contributed by atoms with Crippen LogP contribution in [0.4, 0.5) is 5.95 Å². The number of aryl methyl sites for hydroxylation is 1. The molecule has 2 heterocycles. The minimum atomic E-state index is 0.119. The van der Waals surface area contributed by atoms with E-state index in [0.717, 1.165) is 30.2 Å². The van der Waals surface area contributed by atoms with Crippen molar-refractivity contribution in [2.75, 3.05) is 45.3 Å². The number of anilines is 1. The molecule has 1 aromatic heterocycles. The lowest BCUT2D eigenvalue weighted by molar-refractivity contribution is -0.130. The van der Waals surface area contributed by atoms with E-state index in [2.05, 4.69) is 14.9 Å². The van der Waals surface area contributed by atoms with Crippen molar-refractivity contribution in [3.8, 4) is 11.5 Å². The van der Waals surface area contributed by atoms with Crippen LogP contribution in [0.1, 0.15) is 11.1 Å². The van der Waals surface area contributed by atoms with E-state index < -0.39 is 0 Å². The standard InChI is InChI=1S/C19H24N4O3/c1-14-11-16(25-2)17(26-3)12-15(14)13-18(24)22-7-9-23(10-8-22)19-20-5-4-6-21-19/h4-6,11-12H,7-10,13H2,1-3H3. The molecule has 2 aromatic rings. The summed E-state index contributed by atoms with van der Waals surface area (Å²) in [5.41, 5.74) is 1.98. The van der Waals surface area contributed by atoms with Crippen LogP contribution < -0.4 is 14.4 Å². The van der Waals surface area contributed by atoms with E-state index in [1.54, 1.807) is 32.7 Å². The number of ether oxygens (including phenoxy) is 2. The molecule has 1 fully saturated rings. The molecule has 0 saturated carbocycles. The highest BCUT2D eigenvalue weighted by molar-refractivity contribution is 5.79. The molecular weight excluding hydrogens is 332 g/mol. The first-order chi connectivity index (χ1) is 12.6. The average Bonchev–Trinajstić information content (AvgIpc) is 2.69. The number of amides is 1. The van der Waals surface area contributed by atoms with Gasteiger partial charge in [0, 0.05) is 38.6 Å². The second-order valence-electron chi connectivity index (χ2n) is 6.23. The zero-order chi connectivity index (χ0) is 18.5. The van der Waals surface area contributed by atoms with Crippen LogP contribution in [0.2, 0.25) is 0 Å². The van der Waals surface area contributed by atoms with E-state index in [1.807, 2.05) is 24.0 Å². The molecular formula is C19H24N4O3. The van der Waals surface area contributed by atoms with Gasteiger partial charge in [0.1, 0.15) is 0 Å². The van der Waals surface area contributed by atoms with E-state index in [0.29, 0.717) is 31.0 Å². The summed E-state index contributed by atoms with van der Waals surface area (Å²) in [7, 11) is 3.21. The van der Waals surface area contributed by atoms with Gasteiger partial charge in [-0.25, -0.2) is 9.97 Å². The minimum Gasteiger partial charge on any atom is -0.493 e. The minimum absolute atomic E-state index is 0.119. The molecule has 0 radical (unpaired) electrons. The van der Waals surface area contributed by atoms with Gasteiger partial charge in [-0.05, 0) is 36.2 Å². The number of benzene rings is 1. The Morgan fingerprint density at radius 1 is 1.04 bits per heavy atom. The highest BCUT2D eigenvalue weighted by Gasteiger charge is 2.23. The van der Waals surface area contributed by atoms with Gasteiger partial charge in [-0.3, -0.25) is 4.79 Å². The maximum Gasteiger partial charge on any atom is 0.227 e. The molecule has 3 rings (SSSR count). The molecule has 0 spiro atoms. The number of nitrogens with zero attached hydrogens (tertiary/aromatic N) is 4. The Morgan fingerprint density at radius 2 is 1.65 bits per heavy atom. The largest absolute Gasteiger partial charge is 0.493 e. The molecule has 1 aliphatic rings. The van der Waals surface area contributed by atoms with Crippen molar-refractivity contribution < 1.29 is 14.3 Å². The summed E-state index contributed by atoms with van der Waals surface area (Å²) in [6.45, 7) is 4.80. The third-order valence-electron chi connectivity index (χ3n) is 4.65. The third kappa shape index (κ3) is 3.87. The first kappa shape index (κ1) is 18.0. The first-order valence-corrected chi connectivity index (χ1v) is 8.63. The molecule has 0 unspecified atom stereocenters. The maximum atomic E-state index is 12.7.